The second kappa shape index (κ2) is 16.4. The van der Waals surface area contributed by atoms with Gasteiger partial charge in [0.1, 0.15) is 36.6 Å². The van der Waals surface area contributed by atoms with E-state index in [1.54, 1.807) is 0 Å². The first-order valence-electron chi connectivity index (χ1n) is 12.9. The SMILES string of the molecule is CCCCCCCCCCCCO[C@@H]1C[C@@H](O)[C@H](O[C@H]2O[C@H](CO)[C@@H](O)[C@H](O)[C@H]2O)[C@@H](CO)O1. The summed E-state index contributed by atoms with van der Waals surface area (Å²) in [6, 6.07) is 0. The van der Waals surface area contributed by atoms with Gasteiger partial charge in [-0.3, -0.25) is 0 Å². The summed E-state index contributed by atoms with van der Waals surface area (Å²) in [5.74, 6) is 0. The van der Waals surface area contributed by atoms with E-state index >= 15 is 0 Å². The molecule has 0 aromatic carbocycles. The van der Waals surface area contributed by atoms with E-state index in [0.717, 1.165) is 12.8 Å². The van der Waals surface area contributed by atoms with Crippen molar-refractivity contribution >= 4 is 0 Å². The molecule has 0 spiro atoms. The van der Waals surface area contributed by atoms with E-state index in [-0.39, 0.29) is 6.42 Å². The summed E-state index contributed by atoms with van der Waals surface area (Å²) >= 11 is 0. The molecule has 2 saturated heterocycles. The molecule has 0 unspecified atom stereocenters. The first-order valence-corrected chi connectivity index (χ1v) is 12.9. The molecular formula is C24H46O10. The minimum atomic E-state index is -1.60. The number of ether oxygens (including phenoxy) is 4. The number of aliphatic hydroxyl groups is 6. The van der Waals surface area contributed by atoms with E-state index in [2.05, 4.69) is 6.92 Å². The number of hydrogen-bond donors (Lipinski definition) is 6. The van der Waals surface area contributed by atoms with Gasteiger partial charge in [-0.1, -0.05) is 64.7 Å². The molecular weight excluding hydrogens is 448 g/mol. The molecule has 0 aromatic rings. The third-order valence-electron chi connectivity index (χ3n) is 6.63. The second-order valence-electron chi connectivity index (χ2n) is 9.44. The lowest BCUT2D eigenvalue weighted by molar-refractivity contribution is -0.344. The van der Waals surface area contributed by atoms with Gasteiger partial charge < -0.3 is 49.6 Å². The average Bonchev–Trinajstić information content (AvgIpc) is 2.83. The maximum atomic E-state index is 10.6. The predicted molar refractivity (Wildman–Crippen MR) is 123 cm³/mol. The zero-order valence-electron chi connectivity index (χ0n) is 20.4. The molecule has 2 aliphatic rings. The molecule has 10 heteroatoms. The van der Waals surface area contributed by atoms with Crippen LogP contribution in [0.4, 0.5) is 0 Å². The van der Waals surface area contributed by atoms with Crippen molar-refractivity contribution in [1.29, 1.82) is 0 Å². The zero-order valence-corrected chi connectivity index (χ0v) is 20.4. The second-order valence-corrected chi connectivity index (χ2v) is 9.44. The van der Waals surface area contributed by atoms with Gasteiger partial charge in [-0.25, -0.2) is 0 Å². The first kappa shape index (κ1) is 29.8. The predicted octanol–water partition coefficient (Wildman–Crippen LogP) is 0.577. The minimum Gasteiger partial charge on any atom is -0.394 e. The summed E-state index contributed by atoms with van der Waals surface area (Å²) in [6.07, 6.45) is 1.28. The molecule has 10 nitrogen and oxygen atoms in total. The molecule has 2 rings (SSSR count). The molecule has 0 aliphatic carbocycles. The Kier molecular flexibility index (Phi) is 14.4. The monoisotopic (exact) mass is 494 g/mol. The summed E-state index contributed by atoms with van der Waals surface area (Å²) in [5, 5.41) is 59.6. The van der Waals surface area contributed by atoms with Crippen LogP contribution in [0.2, 0.25) is 0 Å². The van der Waals surface area contributed by atoms with E-state index in [1.807, 2.05) is 0 Å². The van der Waals surface area contributed by atoms with Crippen LogP contribution in [0.1, 0.15) is 77.6 Å². The fraction of sp³-hybridized carbons (Fsp3) is 1.00. The van der Waals surface area contributed by atoms with E-state index in [9.17, 15) is 30.6 Å². The van der Waals surface area contributed by atoms with E-state index in [4.69, 9.17) is 18.9 Å². The van der Waals surface area contributed by atoms with Gasteiger partial charge in [0.05, 0.1) is 19.3 Å². The van der Waals surface area contributed by atoms with Gasteiger partial charge >= 0.3 is 0 Å². The smallest absolute Gasteiger partial charge is 0.187 e. The summed E-state index contributed by atoms with van der Waals surface area (Å²) in [4.78, 5) is 0. The molecule has 0 bridgehead atoms. The van der Waals surface area contributed by atoms with Gasteiger partial charge in [-0.05, 0) is 6.42 Å². The van der Waals surface area contributed by atoms with Crippen molar-refractivity contribution < 1.29 is 49.6 Å². The molecule has 0 saturated carbocycles. The topological polar surface area (TPSA) is 158 Å². The number of rotatable bonds is 16. The van der Waals surface area contributed by atoms with Crippen LogP contribution < -0.4 is 0 Å². The minimum absolute atomic E-state index is 0.107. The first-order chi connectivity index (χ1) is 16.4. The summed E-state index contributed by atoms with van der Waals surface area (Å²) < 4.78 is 22.4. The third kappa shape index (κ3) is 9.24. The summed E-state index contributed by atoms with van der Waals surface area (Å²) in [7, 11) is 0. The molecule has 6 N–H and O–H groups in total. The van der Waals surface area contributed by atoms with Crippen molar-refractivity contribution in [2.45, 2.75) is 133 Å². The molecule has 2 heterocycles. The van der Waals surface area contributed by atoms with Crippen molar-refractivity contribution in [2.75, 3.05) is 19.8 Å². The Bertz CT molecular complexity index is 522. The maximum Gasteiger partial charge on any atom is 0.187 e. The van der Waals surface area contributed by atoms with Gasteiger partial charge in [0.25, 0.3) is 0 Å². The van der Waals surface area contributed by atoms with Gasteiger partial charge in [-0.15, -0.1) is 0 Å². The number of hydrogen-bond acceptors (Lipinski definition) is 10. The van der Waals surface area contributed by atoms with Gasteiger partial charge in [0.15, 0.2) is 12.6 Å². The Balaban J connectivity index is 1.68. The van der Waals surface area contributed by atoms with Crippen LogP contribution in [-0.2, 0) is 18.9 Å². The quantitative estimate of drug-likeness (QED) is 0.168. The van der Waals surface area contributed by atoms with Crippen molar-refractivity contribution in [1.82, 2.24) is 0 Å². The average molecular weight is 495 g/mol. The Hall–Kier alpha value is -0.400. The Morgan fingerprint density at radius 1 is 0.706 bits per heavy atom. The van der Waals surface area contributed by atoms with Crippen LogP contribution in [0.3, 0.4) is 0 Å². The molecule has 9 atom stereocenters. The zero-order chi connectivity index (χ0) is 24.9. The largest absolute Gasteiger partial charge is 0.394 e. The maximum absolute atomic E-state index is 10.6. The lowest BCUT2D eigenvalue weighted by atomic mass is 9.98. The van der Waals surface area contributed by atoms with E-state index in [1.165, 1.54) is 51.4 Å². The van der Waals surface area contributed by atoms with Crippen molar-refractivity contribution in [3.8, 4) is 0 Å². The fourth-order valence-electron chi connectivity index (χ4n) is 4.48. The molecule has 0 aromatic heterocycles. The van der Waals surface area contributed by atoms with Crippen molar-refractivity contribution in [3.05, 3.63) is 0 Å². The lowest BCUT2D eigenvalue weighted by Gasteiger charge is -2.44. The van der Waals surface area contributed by atoms with Crippen LogP contribution in [0.15, 0.2) is 0 Å². The highest BCUT2D eigenvalue weighted by atomic mass is 16.7. The van der Waals surface area contributed by atoms with Crippen molar-refractivity contribution in [3.63, 3.8) is 0 Å². The molecule has 2 fully saturated rings. The highest BCUT2D eigenvalue weighted by Crippen LogP contribution is 2.29. The number of aliphatic hydroxyl groups excluding tert-OH is 6. The standard InChI is InChI=1S/C24H46O10/c1-2-3-4-5-6-7-8-9-10-11-12-31-19-13-16(27)23(18(15-26)32-19)34-24-22(30)21(29)20(28)17(14-25)33-24/h16-30H,2-15H2,1H3/t16-,17-,18-,19+,20-,21+,22-,23+,24-/m1/s1. The van der Waals surface area contributed by atoms with Crippen LogP contribution in [0.5, 0.6) is 0 Å². The molecule has 0 radical (unpaired) electrons. The summed E-state index contributed by atoms with van der Waals surface area (Å²) in [6.45, 7) is 1.66. The normalized spacial score (nSPS) is 36.6. The Morgan fingerprint density at radius 3 is 1.88 bits per heavy atom. The van der Waals surface area contributed by atoms with Gasteiger partial charge in [-0.2, -0.15) is 0 Å². The highest BCUT2D eigenvalue weighted by molar-refractivity contribution is 4.91. The summed E-state index contributed by atoms with van der Waals surface area (Å²) in [5.41, 5.74) is 0. The fourth-order valence-corrected chi connectivity index (χ4v) is 4.48. The molecule has 0 amide bonds. The van der Waals surface area contributed by atoms with Crippen LogP contribution in [0.25, 0.3) is 0 Å². The van der Waals surface area contributed by atoms with Crippen molar-refractivity contribution in [2.24, 2.45) is 0 Å². The van der Waals surface area contributed by atoms with E-state index in [0.29, 0.717) is 6.61 Å². The van der Waals surface area contributed by atoms with Gasteiger partial charge in [0, 0.05) is 13.0 Å². The van der Waals surface area contributed by atoms with Crippen LogP contribution >= 0.6 is 0 Å². The van der Waals surface area contributed by atoms with Gasteiger partial charge in [0.2, 0.25) is 0 Å². The molecule has 2 aliphatic heterocycles. The Morgan fingerprint density at radius 2 is 1.29 bits per heavy atom. The van der Waals surface area contributed by atoms with Crippen LogP contribution in [0, 0.1) is 0 Å². The highest BCUT2D eigenvalue weighted by Gasteiger charge is 2.48. The lowest BCUT2D eigenvalue weighted by Crippen LogP contribution is -2.62. The molecule has 202 valence electrons. The Labute approximate surface area is 202 Å². The third-order valence-corrected chi connectivity index (χ3v) is 6.63. The molecule has 34 heavy (non-hydrogen) atoms. The van der Waals surface area contributed by atoms with E-state index < -0.39 is 68.5 Å². The van der Waals surface area contributed by atoms with Crippen LogP contribution in [-0.4, -0.2) is 106 Å². The number of unbranched alkanes of at least 4 members (excludes halogenated alkanes) is 9.